The van der Waals surface area contributed by atoms with Gasteiger partial charge in [-0.1, -0.05) is 29.3 Å². The molecule has 3 aromatic heterocycles. The Balaban J connectivity index is 1.68. The van der Waals surface area contributed by atoms with Crippen LogP contribution in [0.5, 0.6) is 0 Å². The van der Waals surface area contributed by atoms with E-state index < -0.39 is 0 Å². The van der Waals surface area contributed by atoms with Crippen molar-refractivity contribution in [1.82, 2.24) is 14.8 Å². The monoisotopic (exact) mass is 416 g/mol. The fourth-order valence-electron chi connectivity index (χ4n) is 2.82. The number of aryl methyl sites for hydroxylation is 1. The molecule has 0 aliphatic rings. The maximum Gasteiger partial charge on any atom is 0.258 e. The molecule has 1 N–H and O–H groups in total. The average molecular weight is 417 g/mol. The first kappa shape index (κ1) is 18.0. The highest BCUT2D eigenvalue weighted by Crippen LogP contribution is 2.29. The molecule has 3 heterocycles. The van der Waals surface area contributed by atoms with Crippen molar-refractivity contribution in [3.63, 3.8) is 0 Å². The Morgan fingerprint density at radius 1 is 1.22 bits per heavy atom. The van der Waals surface area contributed by atoms with Gasteiger partial charge in [0, 0.05) is 21.8 Å². The minimum atomic E-state index is -0.331. The van der Waals surface area contributed by atoms with Crippen molar-refractivity contribution < 1.29 is 4.79 Å². The summed E-state index contributed by atoms with van der Waals surface area (Å²) < 4.78 is 1.81. The summed E-state index contributed by atoms with van der Waals surface area (Å²) in [7, 11) is 0. The molecular weight excluding hydrogens is 403 g/mol. The Hall–Kier alpha value is -2.41. The number of benzene rings is 1. The standard InChI is InChI=1S/C19H14Cl2N4OS/c1-11-16-17(21)15(19(26)23-13-6-4-12(20)5-7-13)9-22-18(16)25(24-11)10-14-3-2-8-27-14/h2-9H,10H2,1H3,(H,23,26). The third-order valence-electron chi connectivity index (χ3n) is 4.10. The van der Waals surface area contributed by atoms with Gasteiger partial charge in [0.1, 0.15) is 0 Å². The molecule has 27 heavy (non-hydrogen) atoms. The second kappa shape index (κ2) is 7.31. The number of pyridine rings is 1. The number of fused-ring (bicyclic) bond motifs is 1. The molecule has 0 atom stereocenters. The fourth-order valence-corrected chi connectivity index (χ4v) is 3.99. The first-order chi connectivity index (χ1) is 13.0. The lowest BCUT2D eigenvalue weighted by Gasteiger charge is -2.08. The van der Waals surface area contributed by atoms with Crippen LogP contribution < -0.4 is 5.32 Å². The Kier molecular flexibility index (Phi) is 4.86. The highest BCUT2D eigenvalue weighted by Gasteiger charge is 2.19. The van der Waals surface area contributed by atoms with E-state index in [0.29, 0.717) is 38.9 Å². The summed E-state index contributed by atoms with van der Waals surface area (Å²) in [6, 6.07) is 10.9. The molecular formula is C19H14Cl2N4OS. The SMILES string of the molecule is Cc1nn(Cc2cccs2)c2ncc(C(=O)Nc3ccc(Cl)cc3)c(Cl)c12. The van der Waals surface area contributed by atoms with Crippen molar-refractivity contribution in [3.05, 3.63) is 74.2 Å². The largest absolute Gasteiger partial charge is 0.322 e. The van der Waals surface area contributed by atoms with Crippen molar-refractivity contribution in [2.24, 2.45) is 0 Å². The number of carbonyl (C=O) groups is 1. The van der Waals surface area contributed by atoms with Gasteiger partial charge < -0.3 is 5.32 Å². The van der Waals surface area contributed by atoms with Crippen molar-refractivity contribution in [1.29, 1.82) is 0 Å². The molecule has 4 rings (SSSR count). The number of nitrogens with zero attached hydrogens (tertiary/aromatic N) is 3. The molecule has 0 saturated heterocycles. The number of halogens is 2. The van der Waals surface area contributed by atoms with Gasteiger partial charge in [-0.2, -0.15) is 5.10 Å². The highest BCUT2D eigenvalue weighted by molar-refractivity contribution is 7.09. The topological polar surface area (TPSA) is 59.8 Å². The quantitative estimate of drug-likeness (QED) is 0.483. The summed E-state index contributed by atoms with van der Waals surface area (Å²) in [5.41, 5.74) is 2.33. The van der Waals surface area contributed by atoms with Gasteiger partial charge in [0.05, 0.1) is 28.2 Å². The Bertz CT molecular complexity index is 1120. The van der Waals surface area contributed by atoms with E-state index in [1.165, 1.54) is 11.1 Å². The van der Waals surface area contributed by atoms with Crippen LogP contribution in [0.2, 0.25) is 10.0 Å². The van der Waals surface area contributed by atoms with Crippen LogP contribution in [0.1, 0.15) is 20.9 Å². The molecule has 0 fully saturated rings. The minimum Gasteiger partial charge on any atom is -0.322 e. The van der Waals surface area contributed by atoms with E-state index in [-0.39, 0.29) is 5.91 Å². The van der Waals surface area contributed by atoms with E-state index >= 15 is 0 Å². The Morgan fingerprint density at radius 2 is 2.00 bits per heavy atom. The molecule has 8 heteroatoms. The van der Waals surface area contributed by atoms with Crippen LogP contribution in [0, 0.1) is 6.92 Å². The predicted molar refractivity (Wildman–Crippen MR) is 110 cm³/mol. The van der Waals surface area contributed by atoms with E-state index in [4.69, 9.17) is 23.2 Å². The normalized spacial score (nSPS) is 11.1. The molecule has 0 bridgehead atoms. The first-order valence-electron chi connectivity index (χ1n) is 8.14. The van der Waals surface area contributed by atoms with E-state index in [2.05, 4.69) is 15.4 Å². The zero-order chi connectivity index (χ0) is 19.0. The van der Waals surface area contributed by atoms with Crippen molar-refractivity contribution >= 4 is 57.2 Å². The van der Waals surface area contributed by atoms with Gasteiger partial charge in [-0.3, -0.25) is 4.79 Å². The van der Waals surface area contributed by atoms with Crippen LogP contribution in [-0.4, -0.2) is 20.7 Å². The van der Waals surface area contributed by atoms with Crippen LogP contribution >= 0.6 is 34.5 Å². The lowest BCUT2D eigenvalue weighted by Crippen LogP contribution is -2.13. The van der Waals surface area contributed by atoms with Gasteiger partial charge in [-0.25, -0.2) is 9.67 Å². The number of nitrogens with one attached hydrogen (secondary N) is 1. The molecule has 1 amide bonds. The van der Waals surface area contributed by atoms with Crippen molar-refractivity contribution in [2.75, 3.05) is 5.32 Å². The Labute approximate surface area is 169 Å². The summed E-state index contributed by atoms with van der Waals surface area (Å²) >= 11 is 14.1. The molecule has 5 nitrogen and oxygen atoms in total. The van der Waals surface area contributed by atoms with E-state index in [1.54, 1.807) is 35.6 Å². The summed E-state index contributed by atoms with van der Waals surface area (Å²) in [6.45, 7) is 2.48. The number of hydrogen-bond donors (Lipinski definition) is 1. The second-order valence-corrected chi connectivity index (χ2v) is 7.81. The molecule has 0 aliphatic carbocycles. The summed E-state index contributed by atoms with van der Waals surface area (Å²) in [6.07, 6.45) is 1.49. The second-order valence-electron chi connectivity index (χ2n) is 5.97. The molecule has 0 aliphatic heterocycles. The third-order valence-corrected chi connectivity index (χ3v) is 5.61. The van der Waals surface area contributed by atoms with Gasteiger partial charge in [-0.15, -0.1) is 11.3 Å². The van der Waals surface area contributed by atoms with E-state index in [9.17, 15) is 4.79 Å². The zero-order valence-electron chi connectivity index (χ0n) is 14.2. The van der Waals surface area contributed by atoms with Crippen LogP contribution in [0.25, 0.3) is 11.0 Å². The number of anilines is 1. The van der Waals surface area contributed by atoms with Gasteiger partial charge in [-0.05, 0) is 42.6 Å². The molecule has 0 spiro atoms. The summed E-state index contributed by atoms with van der Waals surface area (Å²) in [5.74, 6) is -0.331. The molecule has 0 radical (unpaired) electrons. The zero-order valence-corrected chi connectivity index (χ0v) is 16.6. The van der Waals surface area contributed by atoms with Crippen LogP contribution in [0.15, 0.2) is 48.0 Å². The highest BCUT2D eigenvalue weighted by atomic mass is 35.5. The summed E-state index contributed by atoms with van der Waals surface area (Å²) in [4.78, 5) is 18.3. The van der Waals surface area contributed by atoms with E-state index in [0.717, 1.165) is 5.69 Å². The minimum absolute atomic E-state index is 0.304. The first-order valence-corrected chi connectivity index (χ1v) is 9.77. The van der Waals surface area contributed by atoms with Gasteiger partial charge >= 0.3 is 0 Å². The maximum absolute atomic E-state index is 12.6. The van der Waals surface area contributed by atoms with Crippen molar-refractivity contribution in [3.8, 4) is 0 Å². The molecule has 0 saturated carbocycles. The van der Waals surface area contributed by atoms with Crippen LogP contribution in [-0.2, 0) is 6.54 Å². The number of thiophene rings is 1. The van der Waals surface area contributed by atoms with Crippen LogP contribution in [0.3, 0.4) is 0 Å². The molecule has 136 valence electrons. The number of amides is 1. The smallest absolute Gasteiger partial charge is 0.258 e. The maximum atomic E-state index is 12.6. The fraction of sp³-hybridized carbons (Fsp3) is 0.105. The Morgan fingerprint density at radius 3 is 2.70 bits per heavy atom. The van der Waals surface area contributed by atoms with Crippen LogP contribution in [0.4, 0.5) is 5.69 Å². The lowest BCUT2D eigenvalue weighted by molar-refractivity contribution is 0.102. The van der Waals surface area contributed by atoms with E-state index in [1.807, 2.05) is 29.1 Å². The lowest BCUT2D eigenvalue weighted by atomic mass is 10.2. The summed E-state index contributed by atoms with van der Waals surface area (Å²) in [5, 5.41) is 11.0. The van der Waals surface area contributed by atoms with Crippen molar-refractivity contribution in [2.45, 2.75) is 13.5 Å². The number of hydrogen-bond acceptors (Lipinski definition) is 4. The number of rotatable bonds is 4. The third kappa shape index (κ3) is 3.56. The molecule has 4 aromatic rings. The number of aromatic nitrogens is 3. The average Bonchev–Trinajstić information content (AvgIpc) is 3.26. The van der Waals surface area contributed by atoms with Gasteiger partial charge in [0.25, 0.3) is 5.91 Å². The number of carbonyl (C=O) groups excluding carboxylic acids is 1. The molecule has 0 unspecified atom stereocenters. The van der Waals surface area contributed by atoms with Gasteiger partial charge in [0.2, 0.25) is 0 Å². The molecule has 1 aromatic carbocycles. The predicted octanol–water partition coefficient (Wildman–Crippen LogP) is 5.41. The van der Waals surface area contributed by atoms with Gasteiger partial charge in [0.15, 0.2) is 5.65 Å².